The van der Waals surface area contributed by atoms with Crippen molar-refractivity contribution in [3.8, 4) is 5.88 Å². The van der Waals surface area contributed by atoms with E-state index in [0.717, 1.165) is 22.7 Å². The maximum atomic E-state index is 12.0. The molecule has 2 N–H and O–H groups in total. The molecule has 3 heterocycles. The van der Waals surface area contributed by atoms with Gasteiger partial charge in [0, 0.05) is 36.5 Å². The first-order valence-electron chi connectivity index (χ1n) is 9.46. The molecule has 196 valence electrons. The lowest BCUT2D eigenvalue weighted by Crippen LogP contribution is -2.35. The van der Waals surface area contributed by atoms with Crippen LogP contribution in [0.25, 0.3) is 0 Å². The summed E-state index contributed by atoms with van der Waals surface area (Å²) in [5, 5.41) is 9.05. The Morgan fingerprint density at radius 3 is 2.25 bits per heavy atom. The number of aryl methyl sites for hydroxylation is 3. The molecule has 16 nitrogen and oxygen atoms in total. The molecule has 0 saturated heterocycles. The van der Waals surface area contributed by atoms with E-state index in [1.807, 2.05) is 4.72 Å². The number of urea groups is 1. The number of ether oxygens (including phenoxy) is 2. The van der Waals surface area contributed by atoms with Crippen molar-refractivity contribution >= 4 is 47.7 Å². The molecule has 0 aliphatic rings. The van der Waals surface area contributed by atoms with Gasteiger partial charge < -0.3 is 9.47 Å². The lowest BCUT2D eigenvalue weighted by atomic mass is 10.4. The summed E-state index contributed by atoms with van der Waals surface area (Å²) in [5.74, 6) is -0.621. The van der Waals surface area contributed by atoms with Crippen molar-refractivity contribution in [1.29, 1.82) is 0 Å². The minimum absolute atomic E-state index is 0.0745. The van der Waals surface area contributed by atoms with E-state index in [4.69, 9.17) is 15.4 Å². The van der Waals surface area contributed by atoms with Gasteiger partial charge in [-0.15, -0.1) is 0 Å². The third-order valence-electron chi connectivity index (χ3n) is 4.06. The molecule has 0 bridgehead atoms. The summed E-state index contributed by atoms with van der Waals surface area (Å²) in [6.45, 7) is 1.68. The Labute approximate surface area is 210 Å². The lowest BCUT2D eigenvalue weighted by molar-refractivity contribution is 0.0596. The topological polar surface area (TPSA) is 206 Å². The van der Waals surface area contributed by atoms with E-state index in [2.05, 4.69) is 30.2 Å². The molecule has 0 aliphatic heterocycles. The van der Waals surface area contributed by atoms with E-state index in [9.17, 15) is 26.4 Å². The molecule has 0 radical (unpaired) electrons. The van der Waals surface area contributed by atoms with Gasteiger partial charge in [0.2, 0.25) is 11.8 Å². The number of nitrogens with one attached hydrogen (secondary N) is 2. The largest absolute Gasteiger partial charge is 0.481 e. The van der Waals surface area contributed by atoms with Gasteiger partial charge in [-0.3, -0.25) is 14.7 Å². The van der Waals surface area contributed by atoms with E-state index in [1.165, 1.54) is 33.5 Å². The molecule has 3 aromatic heterocycles. The van der Waals surface area contributed by atoms with Crippen LogP contribution in [-0.4, -0.2) is 72.6 Å². The monoisotopic (exact) mass is 564 g/mol. The molecule has 0 saturated carbocycles. The van der Waals surface area contributed by atoms with Gasteiger partial charge in [0.05, 0.1) is 26.6 Å². The van der Waals surface area contributed by atoms with Crippen LogP contribution in [0.5, 0.6) is 5.88 Å². The highest BCUT2D eigenvalue weighted by atomic mass is 35.7. The molecule has 0 aliphatic carbocycles. The van der Waals surface area contributed by atoms with Crippen molar-refractivity contribution in [2.75, 3.05) is 19.5 Å². The fourth-order valence-electron chi connectivity index (χ4n) is 2.59. The third kappa shape index (κ3) is 7.12. The number of halogens is 1. The summed E-state index contributed by atoms with van der Waals surface area (Å²) < 4.78 is 59.4. The van der Waals surface area contributed by atoms with Crippen LogP contribution in [0.1, 0.15) is 16.1 Å². The molecule has 2 amide bonds. The predicted molar refractivity (Wildman–Crippen MR) is 123 cm³/mol. The molecule has 0 fully saturated rings. The first-order chi connectivity index (χ1) is 16.7. The Kier molecular flexibility index (Phi) is 8.94. The Balaban J connectivity index is 0.000000281. The van der Waals surface area contributed by atoms with Crippen molar-refractivity contribution in [1.82, 2.24) is 34.3 Å². The maximum absolute atomic E-state index is 12.0. The number of esters is 1. The van der Waals surface area contributed by atoms with Crippen LogP contribution in [0.15, 0.2) is 34.6 Å². The number of hydrogen-bond acceptors (Lipinski definition) is 12. The van der Waals surface area contributed by atoms with Gasteiger partial charge in [-0.2, -0.15) is 23.6 Å². The first kappa shape index (κ1) is 28.5. The van der Waals surface area contributed by atoms with E-state index in [1.54, 1.807) is 13.0 Å². The van der Waals surface area contributed by atoms with Crippen LogP contribution in [0.4, 0.5) is 10.7 Å². The number of hydrogen-bond donors (Lipinski definition) is 2. The van der Waals surface area contributed by atoms with Crippen molar-refractivity contribution in [2.24, 2.45) is 14.1 Å². The quantitative estimate of drug-likeness (QED) is 0.303. The second kappa shape index (κ2) is 11.3. The standard InChI is InChI=1S/C11H14N6O4S.C6H7ClN2O4S/c1-7-6-8(21-3)14-10(13-7)15-11(18)16-22(19,20)9-4-5-12-17(9)2;1-9-5(14(7,11)12)4(3-8-9)6(10)13-2/h4-6H,1-3H3,(H2,13,14,15,16,18);3H,1-2H3. The van der Waals surface area contributed by atoms with Crippen LogP contribution in [0, 0.1) is 6.92 Å². The van der Waals surface area contributed by atoms with E-state index >= 15 is 0 Å². The van der Waals surface area contributed by atoms with Crippen molar-refractivity contribution in [3.05, 3.63) is 35.8 Å². The average Bonchev–Trinajstić information content (AvgIpc) is 3.38. The zero-order valence-corrected chi connectivity index (χ0v) is 21.8. The number of anilines is 1. The maximum Gasteiger partial charge on any atom is 0.342 e. The highest BCUT2D eigenvalue weighted by Crippen LogP contribution is 2.19. The van der Waals surface area contributed by atoms with Crippen molar-refractivity contribution in [3.63, 3.8) is 0 Å². The number of amides is 2. The summed E-state index contributed by atoms with van der Waals surface area (Å²) in [5.41, 5.74) is 0.377. The Morgan fingerprint density at radius 1 is 1.06 bits per heavy atom. The Morgan fingerprint density at radius 2 is 1.72 bits per heavy atom. The van der Waals surface area contributed by atoms with E-state index in [-0.39, 0.29) is 27.4 Å². The van der Waals surface area contributed by atoms with Crippen LogP contribution in [-0.2, 0) is 37.9 Å². The minimum atomic E-state index is -4.04. The molecular formula is C17H21ClN8O8S2. The normalized spacial score (nSPS) is 11.2. The highest BCUT2D eigenvalue weighted by molar-refractivity contribution is 8.13. The fourth-order valence-corrected chi connectivity index (χ4v) is 4.94. The van der Waals surface area contributed by atoms with Crippen LogP contribution in [0.3, 0.4) is 0 Å². The SMILES string of the molecule is COC(=O)c1cnn(C)c1S(=O)(=O)Cl.COc1cc(C)nc(NC(=O)NS(=O)(=O)c2ccnn2C)n1. The van der Waals surface area contributed by atoms with Gasteiger partial charge in [0.15, 0.2) is 10.1 Å². The van der Waals surface area contributed by atoms with Crippen molar-refractivity contribution < 1.29 is 35.9 Å². The van der Waals surface area contributed by atoms with Gasteiger partial charge in [-0.1, -0.05) is 0 Å². The van der Waals surface area contributed by atoms with Crippen LogP contribution < -0.4 is 14.8 Å². The zero-order chi connectivity index (χ0) is 27.3. The number of sulfonamides is 1. The predicted octanol–water partition coefficient (Wildman–Crippen LogP) is 0.172. The van der Waals surface area contributed by atoms with Crippen LogP contribution >= 0.6 is 10.7 Å². The van der Waals surface area contributed by atoms with E-state index < -0.39 is 31.1 Å². The van der Waals surface area contributed by atoms with Crippen LogP contribution in [0.2, 0.25) is 0 Å². The number of carbonyl (C=O) groups is 2. The molecule has 36 heavy (non-hydrogen) atoms. The summed E-state index contributed by atoms with van der Waals surface area (Å²) >= 11 is 0. The fraction of sp³-hybridized carbons (Fsp3) is 0.294. The Bertz CT molecular complexity index is 1480. The zero-order valence-electron chi connectivity index (χ0n) is 19.5. The molecule has 0 unspecified atom stereocenters. The third-order valence-corrected chi connectivity index (χ3v) is 6.85. The number of rotatable bonds is 6. The molecule has 0 aromatic carbocycles. The molecule has 3 aromatic rings. The Hall–Kier alpha value is -3.77. The molecular weight excluding hydrogens is 544 g/mol. The average molecular weight is 565 g/mol. The van der Waals surface area contributed by atoms with Gasteiger partial charge in [-0.05, 0) is 13.0 Å². The van der Waals surface area contributed by atoms with E-state index in [0.29, 0.717) is 5.69 Å². The number of methoxy groups -OCH3 is 2. The number of aromatic nitrogens is 6. The second-order valence-corrected chi connectivity index (χ2v) is 10.8. The van der Waals surface area contributed by atoms with Gasteiger partial charge in [-0.25, -0.2) is 27.7 Å². The van der Waals surface area contributed by atoms with Crippen molar-refractivity contribution in [2.45, 2.75) is 17.0 Å². The minimum Gasteiger partial charge on any atom is -0.481 e. The van der Waals surface area contributed by atoms with Gasteiger partial charge in [0.25, 0.3) is 19.1 Å². The summed E-state index contributed by atoms with van der Waals surface area (Å²) in [6.07, 6.45) is 2.39. The summed E-state index contributed by atoms with van der Waals surface area (Å²) in [6, 6.07) is 1.84. The molecule has 19 heteroatoms. The summed E-state index contributed by atoms with van der Waals surface area (Å²) in [4.78, 5) is 30.7. The summed E-state index contributed by atoms with van der Waals surface area (Å²) in [7, 11) is 2.43. The number of carbonyl (C=O) groups excluding carboxylic acids is 2. The molecule has 0 spiro atoms. The van der Waals surface area contributed by atoms with Gasteiger partial charge >= 0.3 is 12.0 Å². The first-order valence-corrected chi connectivity index (χ1v) is 13.2. The highest BCUT2D eigenvalue weighted by Gasteiger charge is 2.26. The number of nitrogens with zero attached hydrogens (tertiary/aromatic N) is 6. The molecule has 0 atom stereocenters. The molecule has 3 rings (SSSR count). The smallest absolute Gasteiger partial charge is 0.342 e. The lowest BCUT2D eigenvalue weighted by Gasteiger charge is -2.09. The van der Waals surface area contributed by atoms with Gasteiger partial charge in [0.1, 0.15) is 5.56 Å². The second-order valence-electron chi connectivity index (χ2n) is 6.64.